The number of aryl methyl sites for hydroxylation is 1. The highest BCUT2D eigenvalue weighted by Gasteiger charge is 2.38. The van der Waals surface area contributed by atoms with E-state index < -0.39 is 5.82 Å². The van der Waals surface area contributed by atoms with Crippen molar-refractivity contribution in [3.63, 3.8) is 0 Å². The summed E-state index contributed by atoms with van der Waals surface area (Å²) in [4.78, 5) is 27.7. The summed E-state index contributed by atoms with van der Waals surface area (Å²) in [6, 6.07) is 4.51. The van der Waals surface area contributed by atoms with Crippen LogP contribution in [-0.2, 0) is 9.59 Å². The number of amides is 2. The van der Waals surface area contributed by atoms with Gasteiger partial charge in [-0.1, -0.05) is 6.92 Å². The molecule has 1 aromatic heterocycles. The van der Waals surface area contributed by atoms with Crippen LogP contribution >= 0.6 is 0 Å². The minimum atomic E-state index is -0.449. The molecule has 1 aliphatic rings. The van der Waals surface area contributed by atoms with Gasteiger partial charge in [-0.15, -0.1) is 0 Å². The minimum absolute atomic E-state index is 0.00593. The van der Waals surface area contributed by atoms with Crippen molar-refractivity contribution in [3.8, 4) is 5.69 Å². The van der Waals surface area contributed by atoms with Crippen molar-refractivity contribution in [1.82, 2.24) is 14.9 Å². The standard InChI is InChI=1S/C18H21FN4O2/c1-11-9-14(11)18(25)21-6-5-17(24)22-13-3-4-16(15(19)10-13)23-8-7-20-12(23)2/h3-4,7-8,10-11,14H,5-6,9H2,1-2H3,(H,21,25)(H,22,24). The Morgan fingerprint density at radius 3 is 2.76 bits per heavy atom. The Morgan fingerprint density at radius 2 is 2.16 bits per heavy atom. The fourth-order valence-electron chi connectivity index (χ4n) is 2.75. The van der Waals surface area contributed by atoms with Crippen LogP contribution in [0, 0.1) is 24.6 Å². The number of aromatic nitrogens is 2. The second kappa shape index (κ2) is 7.04. The molecule has 25 heavy (non-hydrogen) atoms. The lowest BCUT2D eigenvalue weighted by Gasteiger charge is -2.10. The Labute approximate surface area is 145 Å². The maximum atomic E-state index is 14.3. The van der Waals surface area contributed by atoms with E-state index in [0.717, 1.165) is 6.42 Å². The number of halogens is 1. The molecule has 2 atom stereocenters. The zero-order valence-electron chi connectivity index (χ0n) is 14.3. The second-order valence-corrected chi connectivity index (χ2v) is 6.42. The third kappa shape index (κ3) is 4.04. The molecule has 6 nitrogen and oxygen atoms in total. The van der Waals surface area contributed by atoms with Gasteiger partial charge >= 0.3 is 0 Å². The van der Waals surface area contributed by atoms with E-state index in [-0.39, 0.29) is 30.7 Å². The summed E-state index contributed by atoms with van der Waals surface area (Å²) < 4.78 is 15.9. The van der Waals surface area contributed by atoms with Crippen molar-refractivity contribution in [3.05, 3.63) is 42.2 Å². The molecule has 1 saturated carbocycles. The lowest BCUT2D eigenvalue weighted by Crippen LogP contribution is -2.29. The molecule has 0 saturated heterocycles. The zero-order valence-corrected chi connectivity index (χ0v) is 14.3. The van der Waals surface area contributed by atoms with Crippen LogP contribution in [-0.4, -0.2) is 27.9 Å². The molecular formula is C18H21FN4O2. The van der Waals surface area contributed by atoms with Crippen molar-refractivity contribution < 1.29 is 14.0 Å². The second-order valence-electron chi connectivity index (χ2n) is 6.42. The quantitative estimate of drug-likeness (QED) is 0.845. The number of nitrogens with zero attached hydrogens (tertiary/aromatic N) is 2. The van der Waals surface area contributed by atoms with E-state index in [0.29, 0.717) is 23.1 Å². The molecule has 132 valence electrons. The normalized spacial score (nSPS) is 18.7. The van der Waals surface area contributed by atoms with Crippen molar-refractivity contribution in [1.29, 1.82) is 0 Å². The molecule has 7 heteroatoms. The summed E-state index contributed by atoms with van der Waals surface area (Å²) in [7, 11) is 0. The molecule has 2 aromatic rings. The first-order valence-electron chi connectivity index (χ1n) is 8.33. The number of nitrogens with one attached hydrogen (secondary N) is 2. The fourth-order valence-corrected chi connectivity index (χ4v) is 2.75. The molecule has 2 amide bonds. The van der Waals surface area contributed by atoms with Gasteiger partial charge in [-0.25, -0.2) is 9.37 Å². The lowest BCUT2D eigenvalue weighted by atomic mass is 10.2. The van der Waals surface area contributed by atoms with E-state index in [1.54, 1.807) is 36.0 Å². The van der Waals surface area contributed by atoms with Crippen LogP contribution in [0.1, 0.15) is 25.6 Å². The van der Waals surface area contributed by atoms with E-state index in [2.05, 4.69) is 15.6 Å². The van der Waals surface area contributed by atoms with E-state index in [1.807, 2.05) is 6.92 Å². The van der Waals surface area contributed by atoms with Crippen molar-refractivity contribution in [2.24, 2.45) is 11.8 Å². The van der Waals surface area contributed by atoms with Crippen LogP contribution in [0.5, 0.6) is 0 Å². The van der Waals surface area contributed by atoms with E-state index in [1.165, 1.54) is 6.07 Å². The first-order chi connectivity index (χ1) is 12.0. The minimum Gasteiger partial charge on any atom is -0.355 e. The summed E-state index contributed by atoms with van der Waals surface area (Å²) in [6.45, 7) is 4.09. The molecule has 3 rings (SSSR count). The Morgan fingerprint density at radius 1 is 1.40 bits per heavy atom. The van der Waals surface area contributed by atoms with Crippen LogP contribution in [0.4, 0.5) is 10.1 Å². The van der Waals surface area contributed by atoms with Crippen LogP contribution in [0.15, 0.2) is 30.6 Å². The van der Waals surface area contributed by atoms with Crippen LogP contribution in [0.25, 0.3) is 5.69 Å². The Kier molecular flexibility index (Phi) is 4.83. The molecule has 1 aliphatic carbocycles. The molecular weight excluding hydrogens is 323 g/mol. The van der Waals surface area contributed by atoms with Crippen molar-refractivity contribution in [2.45, 2.75) is 26.7 Å². The highest BCUT2D eigenvalue weighted by Crippen LogP contribution is 2.37. The molecule has 0 spiro atoms. The summed E-state index contributed by atoms with van der Waals surface area (Å²) in [5.74, 6) is 0.499. The number of rotatable bonds is 6. The highest BCUT2D eigenvalue weighted by molar-refractivity contribution is 5.91. The predicted octanol–water partition coefficient (Wildman–Crippen LogP) is 2.42. The van der Waals surface area contributed by atoms with Crippen molar-refractivity contribution in [2.75, 3.05) is 11.9 Å². The van der Waals surface area contributed by atoms with Gasteiger partial charge in [0.05, 0.1) is 5.69 Å². The van der Waals surface area contributed by atoms with Gasteiger partial charge in [-0.3, -0.25) is 9.59 Å². The summed E-state index contributed by atoms with van der Waals surface area (Å²) >= 11 is 0. The number of hydrogen-bond donors (Lipinski definition) is 2. The largest absolute Gasteiger partial charge is 0.355 e. The maximum absolute atomic E-state index is 14.3. The Bertz CT molecular complexity index is 802. The number of imidazole rings is 1. The fraction of sp³-hybridized carbons (Fsp3) is 0.389. The van der Waals surface area contributed by atoms with Crippen molar-refractivity contribution >= 4 is 17.5 Å². The van der Waals surface area contributed by atoms with E-state index >= 15 is 0 Å². The average molecular weight is 344 g/mol. The van der Waals surface area contributed by atoms with Gasteiger partial charge in [0, 0.05) is 37.0 Å². The first kappa shape index (κ1) is 17.1. The molecule has 1 aromatic carbocycles. The Balaban J connectivity index is 1.52. The zero-order chi connectivity index (χ0) is 18.0. The van der Waals surface area contributed by atoms with E-state index in [9.17, 15) is 14.0 Å². The summed E-state index contributed by atoms with van der Waals surface area (Å²) in [6.07, 6.45) is 4.34. The van der Waals surface area contributed by atoms with Crippen LogP contribution < -0.4 is 10.6 Å². The average Bonchev–Trinajstić information content (AvgIpc) is 3.14. The lowest BCUT2D eigenvalue weighted by molar-refractivity contribution is -0.122. The van der Waals surface area contributed by atoms with Gasteiger partial charge in [0.2, 0.25) is 11.8 Å². The number of hydrogen-bond acceptors (Lipinski definition) is 3. The third-order valence-corrected chi connectivity index (χ3v) is 4.41. The molecule has 2 N–H and O–H groups in total. The van der Waals surface area contributed by atoms with Gasteiger partial charge < -0.3 is 15.2 Å². The monoisotopic (exact) mass is 344 g/mol. The molecule has 2 unspecified atom stereocenters. The van der Waals surface area contributed by atoms with Gasteiger partial charge in [-0.05, 0) is 37.5 Å². The number of carbonyl (C=O) groups excluding carboxylic acids is 2. The highest BCUT2D eigenvalue weighted by atomic mass is 19.1. The Hall–Kier alpha value is -2.70. The number of anilines is 1. The topological polar surface area (TPSA) is 76.0 Å². The summed E-state index contributed by atoms with van der Waals surface area (Å²) in [5, 5.41) is 5.39. The first-order valence-corrected chi connectivity index (χ1v) is 8.33. The summed E-state index contributed by atoms with van der Waals surface area (Å²) in [5.41, 5.74) is 0.755. The third-order valence-electron chi connectivity index (χ3n) is 4.41. The van der Waals surface area contributed by atoms with Crippen LogP contribution in [0.2, 0.25) is 0 Å². The van der Waals surface area contributed by atoms with Gasteiger partial charge in [0.25, 0.3) is 0 Å². The van der Waals surface area contributed by atoms with Gasteiger partial charge in [0.15, 0.2) is 0 Å². The maximum Gasteiger partial charge on any atom is 0.226 e. The smallest absolute Gasteiger partial charge is 0.226 e. The van der Waals surface area contributed by atoms with Gasteiger partial charge in [0.1, 0.15) is 11.6 Å². The predicted molar refractivity (Wildman–Crippen MR) is 91.8 cm³/mol. The molecule has 1 fully saturated rings. The van der Waals surface area contributed by atoms with E-state index in [4.69, 9.17) is 0 Å². The van der Waals surface area contributed by atoms with Crippen LogP contribution in [0.3, 0.4) is 0 Å². The number of carbonyl (C=O) groups is 2. The van der Waals surface area contributed by atoms with Gasteiger partial charge in [-0.2, -0.15) is 0 Å². The molecule has 0 aliphatic heterocycles. The molecule has 0 bridgehead atoms. The molecule has 0 radical (unpaired) electrons. The SMILES string of the molecule is Cc1nccn1-c1ccc(NC(=O)CCNC(=O)C2CC2C)cc1F. The number of benzene rings is 1. The molecule has 1 heterocycles.